The Morgan fingerprint density at radius 3 is 2.52 bits per heavy atom. The number of esters is 1. The number of piperidine rings is 1. The number of amides is 2. The van der Waals surface area contributed by atoms with Gasteiger partial charge in [-0.15, -0.1) is 0 Å². The van der Waals surface area contributed by atoms with E-state index in [2.05, 4.69) is 0 Å². The van der Waals surface area contributed by atoms with Crippen LogP contribution in [-0.2, 0) is 14.3 Å². The first-order chi connectivity index (χ1) is 9.89. The highest BCUT2D eigenvalue weighted by atomic mass is 16.5. The van der Waals surface area contributed by atoms with E-state index < -0.39 is 23.4 Å². The SMILES string of the molecule is COC(=O)C1CCCCN1C(=O)N1CCC(C)(C(=O)O)C1. The van der Waals surface area contributed by atoms with Crippen LogP contribution in [0, 0.1) is 5.41 Å². The molecular formula is C14H22N2O5. The van der Waals surface area contributed by atoms with Crippen molar-refractivity contribution in [3.63, 3.8) is 0 Å². The monoisotopic (exact) mass is 298 g/mol. The minimum Gasteiger partial charge on any atom is -0.481 e. The topological polar surface area (TPSA) is 87.2 Å². The summed E-state index contributed by atoms with van der Waals surface area (Å²) in [4.78, 5) is 38.7. The molecule has 0 radical (unpaired) electrons. The minimum absolute atomic E-state index is 0.186. The Kier molecular flexibility index (Phi) is 4.39. The highest BCUT2D eigenvalue weighted by molar-refractivity contribution is 5.85. The largest absolute Gasteiger partial charge is 0.481 e. The third kappa shape index (κ3) is 2.96. The number of ether oxygens (including phenoxy) is 1. The molecule has 1 N–H and O–H groups in total. The molecule has 0 saturated carbocycles. The molecule has 0 aromatic rings. The van der Waals surface area contributed by atoms with Crippen LogP contribution in [0.25, 0.3) is 0 Å². The number of carboxylic acids is 1. The smallest absolute Gasteiger partial charge is 0.328 e. The van der Waals surface area contributed by atoms with Crippen LogP contribution in [0.4, 0.5) is 4.79 Å². The van der Waals surface area contributed by atoms with Crippen molar-refractivity contribution in [2.24, 2.45) is 5.41 Å². The van der Waals surface area contributed by atoms with Crippen molar-refractivity contribution >= 4 is 18.0 Å². The van der Waals surface area contributed by atoms with Gasteiger partial charge >= 0.3 is 18.0 Å². The summed E-state index contributed by atoms with van der Waals surface area (Å²) in [6, 6.07) is -0.803. The van der Waals surface area contributed by atoms with Gasteiger partial charge in [-0.1, -0.05) is 0 Å². The molecule has 118 valence electrons. The second-order valence-electron chi connectivity index (χ2n) is 6.05. The standard InChI is InChI=1S/C14H22N2O5/c1-14(12(18)19)6-8-15(9-14)13(20)16-7-4-3-5-10(16)11(17)21-2/h10H,3-9H2,1-2H3,(H,18,19). The second kappa shape index (κ2) is 5.91. The average Bonchev–Trinajstić information content (AvgIpc) is 2.89. The van der Waals surface area contributed by atoms with Crippen molar-refractivity contribution in [2.45, 2.75) is 38.6 Å². The van der Waals surface area contributed by atoms with E-state index in [1.54, 1.807) is 6.92 Å². The van der Waals surface area contributed by atoms with Gasteiger partial charge in [0.05, 0.1) is 12.5 Å². The number of urea groups is 1. The first kappa shape index (κ1) is 15.6. The number of rotatable bonds is 2. The Hall–Kier alpha value is -1.79. The van der Waals surface area contributed by atoms with Crippen molar-refractivity contribution in [3.8, 4) is 0 Å². The Balaban J connectivity index is 2.08. The van der Waals surface area contributed by atoms with E-state index in [1.165, 1.54) is 16.9 Å². The molecule has 21 heavy (non-hydrogen) atoms. The molecule has 7 heteroatoms. The first-order valence-corrected chi connectivity index (χ1v) is 7.26. The zero-order valence-corrected chi connectivity index (χ0v) is 12.5. The van der Waals surface area contributed by atoms with Gasteiger partial charge in [0.1, 0.15) is 6.04 Å². The lowest BCUT2D eigenvalue weighted by Gasteiger charge is -2.36. The van der Waals surface area contributed by atoms with Gasteiger partial charge in [-0.3, -0.25) is 4.79 Å². The third-order valence-corrected chi connectivity index (χ3v) is 4.48. The Bertz CT molecular complexity index is 453. The van der Waals surface area contributed by atoms with Gasteiger partial charge < -0.3 is 19.6 Å². The summed E-state index contributed by atoms with van der Waals surface area (Å²) in [5.41, 5.74) is -0.897. The van der Waals surface area contributed by atoms with Gasteiger partial charge in [-0.05, 0) is 32.6 Å². The van der Waals surface area contributed by atoms with Crippen LogP contribution in [0.1, 0.15) is 32.6 Å². The molecule has 2 rings (SSSR count). The fraction of sp³-hybridized carbons (Fsp3) is 0.786. The lowest BCUT2D eigenvalue weighted by molar-refractivity contribution is -0.148. The minimum atomic E-state index is -0.897. The lowest BCUT2D eigenvalue weighted by Crippen LogP contribution is -2.53. The number of aliphatic carboxylic acids is 1. The van der Waals surface area contributed by atoms with E-state index in [0.717, 1.165) is 12.8 Å². The van der Waals surface area contributed by atoms with Gasteiger partial charge in [0.15, 0.2) is 0 Å². The second-order valence-corrected chi connectivity index (χ2v) is 6.05. The van der Waals surface area contributed by atoms with Crippen LogP contribution in [0.15, 0.2) is 0 Å². The number of carboxylic acid groups (broad SMARTS) is 1. The van der Waals surface area contributed by atoms with E-state index >= 15 is 0 Å². The Morgan fingerprint density at radius 2 is 1.95 bits per heavy atom. The van der Waals surface area contributed by atoms with Crippen LogP contribution in [-0.4, -0.2) is 65.7 Å². The molecule has 0 bridgehead atoms. The first-order valence-electron chi connectivity index (χ1n) is 7.26. The predicted octanol–water partition coefficient (Wildman–Crippen LogP) is 0.930. The number of likely N-dealkylation sites (tertiary alicyclic amines) is 2. The molecule has 2 aliphatic heterocycles. The Labute approximate surface area is 123 Å². The molecule has 7 nitrogen and oxygen atoms in total. The third-order valence-electron chi connectivity index (χ3n) is 4.48. The van der Waals surface area contributed by atoms with Crippen molar-refractivity contribution in [1.29, 1.82) is 0 Å². The molecule has 2 saturated heterocycles. The van der Waals surface area contributed by atoms with Crippen LogP contribution in [0.5, 0.6) is 0 Å². The normalized spacial score (nSPS) is 29.3. The van der Waals surface area contributed by atoms with E-state index in [1.807, 2.05) is 0 Å². The van der Waals surface area contributed by atoms with Gasteiger partial charge in [0.25, 0.3) is 0 Å². The van der Waals surface area contributed by atoms with Crippen LogP contribution in [0.3, 0.4) is 0 Å². The summed E-state index contributed by atoms with van der Waals surface area (Å²) < 4.78 is 4.77. The molecule has 0 spiro atoms. The quantitative estimate of drug-likeness (QED) is 0.766. The molecule has 0 aromatic heterocycles. The van der Waals surface area contributed by atoms with Crippen molar-refractivity contribution < 1.29 is 24.2 Å². The van der Waals surface area contributed by atoms with E-state index in [-0.39, 0.29) is 12.6 Å². The number of hydrogen-bond donors (Lipinski definition) is 1. The van der Waals surface area contributed by atoms with Crippen LogP contribution < -0.4 is 0 Å². The van der Waals surface area contributed by atoms with E-state index in [0.29, 0.717) is 25.9 Å². The van der Waals surface area contributed by atoms with Gasteiger partial charge in [0.2, 0.25) is 0 Å². The number of carbonyl (C=O) groups is 3. The van der Waals surface area contributed by atoms with Crippen LogP contribution >= 0.6 is 0 Å². The lowest BCUT2D eigenvalue weighted by atomic mass is 9.90. The highest BCUT2D eigenvalue weighted by Gasteiger charge is 2.44. The molecule has 2 fully saturated rings. The van der Waals surface area contributed by atoms with Crippen LogP contribution in [0.2, 0.25) is 0 Å². The molecule has 2 aliphatic rings. The van der Waals surface area contributed by atoms with Crippen molar-refractivity contribution in [3.05, 3.63) is 0 Å². The molecule has 2 heterocycles. The maximum Gasteiger partial charge on any atom is 0.328 e. The van der Waals surface area contributed by atoms with Gasteiger partial charge in [-0.2, -0.15) is 0 Å². The summed E-state index contributed by atoms with van der Waals surface area (Å²) in [6.07, 6.45) is 2.77. The average molecular weight is 298 g/mol. The molecule has 0 aliphatic carbocycles. The Morgan fingerprint density at radius 1 is 1.24 bits per heavy atom. The van der Waals surface area contributed by atoms with Crippen molar-refractivity contribution in [2.75, 3.05) is 26.7 Å². The molecular weight excluding hydrogens is 276 g/mol. The fourth-order valence-corrected chi connectivity index (χ4v) is 3.02. The highest BCUT2D eigenvalue weighted by Crippen LogP contribution is 2.31. The molecule has 0 aromatic carbocycles. The zero-order chi connectivity index (χ0) is 15.6. The number of carbonyl (C=O) groups excluding carboxylic acids is 2. The summed E-state index contributed by atoms with van der Waals surface area (Å²) in [5.74, 6) is -1.29. The predicted molar refractivity (Wildman–Crippen MR) is 73.7 cm³/mol. The van der Waals surface area contributed by atoms with E-state index in [4.69, 9.17) is 4.74 Å². The molecule has 2 atom stereocenters. The fourth-order valence-electron chi connectivity index (χ4n) is 3.02. The summed E-state index contributed by atoms with van der Waals surface area (Å²) in [7, 11) is 1.32. The summed E-state index contributed by atoms with van der Waals surface area (Å²) in [5, 5.41) is 9.23. The molecule has 2 unspecified atom stereocenters. The summed E-state index contributed by atoms with van der Waals surface area (Å²) >= 11 is 0. The maximum atomic E-state index is 12.6. The number of nitrogens with zero attached hydrogens (tertiary/aromatic N) is 2. The maximum absolute atomic E-state index is 12.6. The molecule has 2 amide bonds. The zero-order valence-electron chi connectivity index (χ0n) is 12.5. The summed E-state index contributed by atoms with van der Waals surface area (Å²) in [6.45, 7) is 2.76. The number of hydrogen-bond acceptors (Lipinski definition) is 4. The number of methoxy groups -OCH3 is 1. The van der Waals surface area contributed by atoms with Gasteiger partial charge in [-0.25, -0.2) is 9.59 Å². The van der Waals surface area contributed by atoms with Crippen molar-refractivity contribution in [1.82, 2.24) is 9.80 Å². The van der Waals surface area contributed by atoms with Gasteiger partial charge in [0, 0.05) is 19.6 Å². The van der Waals surface area contributed by atoms with E-state index in [9.17, 15) is 19.5 Å².